The number of ketones is 1. The van der Waals surface area contributed by atoms with E-state index in [9.17, 15) is 39.9 Å². The highest BCUT2D eigenvalue weighted by Crippen LogP contribution is 2.53. The molecule has 6 rings (SSSR count). The van der Waals surface area contributed by atoms with E-state index >= 15 is 0 Å². The normalized spacial score (nSPS) is 30.8. The SMILES string of the molecule is COC1/C=C/OC2(C)Oc3c(C)c(O)c4c(O)c(c5c([nH]c6cccc[n+]65)c4c3C2=O)NC(=O)/C(CO)=C\C=C\C(C)C(O)C(C)C(O)C(C)C(OC(C)=O)C1C. The number of aliphatic hydroxyl groups is 3. The Bertz CT molecular complexity index is 2350. The first-order valence-corrected chi connectivity index (χ1v) is 18.8. The van der Waals surface area contributed by atoms with E-state index < -0.39 is 89.6 Å². The lowest BCUT2D eigenvalue weighted by molar-refractivity contribution is -0.480. The van der Waals surface area contributed by atoms with Gasteiger partial charge in [-0.3, -0.25) is 14.4 Å². The molecule has 2 aromatic carbocycles. The van der Waals surface area contributed by atoms with Gasteiger partial charge in [-0.1, -0.05) is 52.0 Å². The van der Waals surface area contributed by atoms with Crippen LogP contribution in [0.15, 0.2) is 60.5 Å². The minimum atomic E-state index is -1.97. The molecule has 2 aliphatic heterocycles. The van der Waals surface area contributed by atoms with E-state index in [1.54, 1.807) is 62.6 Å². The Morgan fingerprint density at radius 3 is 2.39 bits per heavy atom. The molecule has 4 aromatic rings. The first kappa shape index (κ1) is 41.2. The average molecular weight is 789 g/mol. The van der Waals surface area contributed by atoms with Crippen LogP contribution >= 0.6 is 0 Å². The van der Waals surface area contributed by atoms with E-state index in [-0.39, 0.29) is 49.9 Å². The molecule has 2 aromatic heterocycles. The van der Waals surface area contributed by atoms with Crippen molar-refractivity contribution >= 4 is 50.8 Å². The molecule has 0 fully saturated rings. The summed E-state index contributed by atoms with van der Waals surface area (Å²) in [6, 6.07) is 5.25. The van der Waals surface area contributed by atoms with Gasteiger partial charge in [0.05, 0.1) is 53.7 Å². The molecule has 4 bridgehead atoms. The van der Waals surface area contributed by atoms with Crippen molar-refractivity contribution in [2.24, 2.45) is 23.7 Å². The number of allylic oxidation sites excluding steroid dienone is 2. The number of Topliss-reactive ketones (excluding diaryl/α,β-unsaturated/α-hetero) is 1. The van der Waals surface area contributed by atoms with Crippen LogP contribution in [0.5, 0.6) is 17.2 Å². The number of carbonyl (C=O) groups excluding carboxylic acids is 3. The summed E-state index contributed by atoms with van der Waals surface area (Å²) in [6.45, 7) is 10.4. The molecule has 9 unspecified atom stereocenters. The number of rotatable bonds is 3. The zero-order valence-corrected chi connectivity index (χ0v) is 33.1. The fourth-order valence-corrected chi connectivity index (χ4v) is 8.04. The van der Waals surface area contributed by atoms with Gasteiger partial charge in [-0.05, 0) is 19.1 Å². The van der Waals surface area contributed by atoms with Crippen LogP contribution in [0.1, 0.15) is 57.5 Å². The number of methoxy groups -OCH3 is 1. The molecule has 15 heteroatoms. The minimum absolute atomic E-state index is 0.0110. The number of aromatic nitrogens is 2. The van der Waals surface area contributed by atoms with Crippen LogP contribution in [-0.2, 0) is 23.8 Å². The first-order chi connectivity index (χ1) is 27.0. The molecule has 0 saturated heterocycles. The Morgan fingerprint density at radius 2 is 1.72 bits per heavy atom. The maximum absolute atomic E-state index is 14.5. The van der Waals surface area contributed by atoms with E-state index in [0.717, 1.165) is 0 Å². The van der Waals surface area contributed by atoms with Gasteiger partial charge in [0.25, 0.3) is 17.3 Å². The Kier molecular flexibility index (Phi) is 11.4. The smallest absolute Gasteiger partial charge is 0.312 e. The van der Waals surface area contributed by atoms with Crippen LogP contribution in [-0.4, -0.2) is 92.1 Å². The number of aliphatic hydroxyl groups excluding tert-OH is 3. The number of anilines is 1. The maximum Gasteiger partial charge on any atom is 0.312 e. The number of fused-ring (bicyclic) bond motifs is 2. The van der Waals surface area contributed by atoms with Gasteiger partial charge in [0, 0.05) is 61.8 Å². The highest BCUT2D eigenvalue weighted by Gasteiger charge is 2.50. The van der Waals surface area contributed by atoms with Gasteiger partial charge in [0.1, 0.15) is 23.3 Å². The van der Waals surface area contributed by atoms with Gasteiger partial charge in [-0.15, -0.1) is 0 Å². The number of aromatic amines is 1. The van der Waals surface area contributed by atoms with Crippen LogP contribution in [0.2, 0.25) is 0 Å². The molecule has 304 valence electrons. The topological polar surface area (TPSA) is 221 Å². The second-order valence-corrected chi connectivity index (χ2v) is 15.2. The molecule has 57 heavy (non-hydrogen) atoms. The van der Waals surface area contributed by atoms with Crippen LogP contribution in [0.4, 0.5) is 5.69 Å². The lowest BCUT2D eigenvalue weighted by Gasteiger charge is -2.38. The number of amides is 1. The zero-order chi connectivity index (χ0) is 41.7. The highest BCUT2D eigenvalue weighted by molar-refractivity contribution is 6.27. The first-order valence-electron chi connectivity index (χ1n) is 18.8. The van der Waals surface area contributed by atoms with Gasteiger partial charge in [-0.2, -0.15) is 4.40 Å². The molecule has 2 aliphatic rings. The number of carbonyl (C=O) groups is 3. The van der Waals surface area contributed by atoms with Gasteiger partial charge in [-0.25, -0.2) is 4.98 Å². The molecule has 1 amide bonds. The monoisotopic (exact) mass is 788 g/mol. The predicted molar refractivity (Wildman–Crippen MR) is 209 cm³/mol. The Hall–Kier alpha value is -5.48. The summed E-state index contributed by atoms with van der Waals surface area (Å²) < 4.78 is 25.4. The summed E-state index contributed by atoms with van der Waals surface area (Å²) in [5.74, 6) is -7.47. The van der Waals surface area contributed by atoms with Crippen molar-refractivity contribution in [3.8, 4) is 17.2 Å². The third kappa shape index (κ3) is 7.09. The van der Waals surface area contributed by atoms with E-state index in [1.807, 2.05) is 0 Å². The molecule has 7 N–H and O–H groups in total. The number of hydrogen-bond acceptors (Lipinski definition) is 12. The Balaban J connectivity index is 1.58. The van der Waals surface area contributed by atoms with Crippen molar-refractivity contribution < 1.29 is 63.3 Å². The second-order valence-electron chi connectivity index (χ2n) is 15.2. The van der Waals surface area contributed by atoms with Crippen molar-refractivity contribution in [1.29, 1.82) is 0 Å². The molecule has 4 heterocycles. The van der Waals surface area contributed by atoms with Crippen molar-refractivity contribution in [2.75, 3.05) is 19.0 Å². The highest BCUT2D eigenvalue weighted by atomic mass is 16.7. The van der Waals surface area contributed by atoms with Crippen molar-refractivity contribution in [1.82, 2.24) is 4.98 Å². The number of ether oxygens (including phenoxy) is 4. The third-order valence-electron chi connectivity index (χ3n) is 11.4. The molecule has 9 atom stereocenters. The number of phenols is 2. The summed E-state index contributed by atoms with van der Waals surface area (Å²) in [5.41, 5.74) is 0.950. The number of aromatic hydroxyl groups is 2. The van der Waals surface area contributed by atoms with Gasteiger partial charge < -0.3 is 49.8 Å². The number of esters is 1. The number of phenolic OH excluding ortho intramolecular Hbond substituents is 2. The average Bonchev–Trinajstić information content (AvgIpc) is 3.70. The summed E-state index contributed by atoms with van der Waals surface area (Å²) in [4.78, 5) is 44.0. The quantitative estimate of drug-likeness (QED) is 0.0881. The van der Waals surface area contributed by atoms with Crippen molar-refractivity contribution in [2.45, 2.75) is 78.7 Å². The van der Waals surface area contributed by atoms with Crippen molar-refractivity contribution in [3.63, 3.8) is 0 Å². The lowest BCUT2D eigenvalue weighted by atomic mass is 9.78. The second kappa shape index (κ2) is 15.8. The van der Waals surface area contributed by atoms with Crippen molar-refractivity contribution in [3.05, 3.63) is 71.7 Å². The number of nitrogens with zero attached hydrogens (tertiary/aromatic N) is 1. The van der Waals surface area contributed by atoms with Gasteiger partial charge in [0.2, 0.25) is 5.52 Å². The van der Waals surface area contributed by atoms with Crippen LogP contribution in [0, 0.1) is 30.6 Å². The molecule has 0 radical (unpaired) electrons. The fourth-order valence-electron chi connectivity index (χ4n) is 8.04. The van der Waals surface area contributed by atoms with Crippen LogP contribution in [0.3, 0.4) is 0 Å². The van der Waals surface area contributed by atoms with E-state index in [2.05, 4.69) is 10.3 Å². The Labute approximate surface area is 328 Å². The summed E-state index contributed by atoms with van der Waals surface area (Å²) in [7, 11) is 1.45. The molecule has 15 nitrogen and oxygen atoms in total. The number of nitrogens with one attached hydrogen (secondary N) is 2. The molecular formula is C42H50N3O12+. The van der Waals surface area contributed by atoms with Gasteiger partial charge >= 0.3 is 11.8 Å². The maximum atomic E-state index is 14.5. The minimum Gasteiger partial charge on any atom is -0.507 e. The van der Waals surface area contributed by atoms with Crippen LogP contribution in [0.25, 0.3) is 27.5 Å². The van der Waals surface area contributed by atoms with E-state index in [0.29, 0.717) is 5.65 Å². The van der Waals surface area contributed by atoms with E-state index in [1.165, 1.54) is 52.4 Å². The molecule has 0 spiro atoms. The lowest BCUT2D eigenvalue weighted by Crippen LogP contribution is -2.46. The zero-order valence-electron chi connectivity index (χ0n) is 33.1. The molecular weight excluding hydrogens is 738 g/mol. The number of hydrogen-bond donors (Lipinski definition) is 7. The largest absolute Gasteiger partial charge is 0.507 e. The number of benzene rings is 2. The Morgan fingerprint density at radius 1 is 1.00 bits per heavy atom. The third-order valence-corrected chi connectivity index (χ3v) is 11.4. The number of H-pyrrole nitrogens is 1. The number of imidazole rings is 1. The van der Waals surface area contributed by atoms with Crippen LogP contribution < -0.4 is 14.5 Å². The molecule has 0 aliphatic carbocycles. The summed E-state index contributed by atoms with van der Waals surface area (Å²) in [6.07, 6.45) is 5.01. The fraction of sp³-hybridized carbons (Fsp3) is 0.429. The standard InChI is InChI=1S/C42H49N3O12/c1-19-12-11-13-25(18-46)41(53)44-32-33-31(43-27-14-9-10-16-45(27)33)28-29(37(32)51)36(50)23(5)39-30(28)40(52)42(7,57-39)55-17-15-26(54-8)20(2)38(56-24(6)47)22(4)35(49)21(3)34(19)48/h9-17,19-22,26,34-35,38,46,48-49H,18H2,1-8H3,(H3,44,50,51,52,53)/p+1/b12-11+,17-15+,25-13-. The summed E-state index contributed by atoms with van der Waals surface area (Å²) >= 11 is 0. The predicted octanol–water partition coefficient (Wildman–Crippen LogP) is 4.24. The summed E-state index contributed by atoms with van der Waals surface area (Å²) in [5, 5.41) is 59.5. The van der Waals surface area contributed by atoms with Gasteiger partial charge in [0.15, 0.2) is 11.3 Å². The number of pyridine rings is 1. The van der Waals surface area contributed by atoms with E-state index in [4.69, 9.17) is 18.9 Å². The molecule has 0 saturated carbocycles.